The molecule has 3 rings (SSSR count). The number of carboxylic acid groups (broad SMARTS) is 1. The van der Waals surface area contributed by atoms with E-state index in [-0.39, 0.29) is 0 Å². The van der Waals surface area contributed by atoms with Crippen LogP contribution in [0.1, 0.15) is 0 Å². The maximum absolute atomic E-state index is 12.1. The van der Waals surface area contributed by atoms with E-state index in [1.165, 1.54) is 0 Å². The summed E-state index contributed by atoms with van der Waals surface area (Å²) >= 11 is 0. The topological polar surface area (TPSA) is 427 Å². The fourth-order valence-electron chi connectivity index (χ4n) is 4.63. The number of hydrogen-bond donors (Lipinski definition) is 11. The highest BCUT2D eigenvalue weighted by atomic mass is 32.3. The maximum Gasteiger partial charge on any atom is 0.397 e. The largest absolute Gasteiger partial charge is 0.479 e. The summed E-state index contributed by atoms with van der Waals surface area (Å²) in [6.07, 6.45) is -28.1. The Morgan fingerprint density at radius 2 is 1.15 bits per heavy atom. The number of hydrogen-bond acceptors (Lipinski definition) is 22. The SMILES string of the molecule is N[C@@H]1[C@@H](OS(=O)(=O)O)[C@H](O[C@@H]2O[C@H](C(=O)O)[C@@H](O[C@H]3O[C@H](COS(=O)(=O)O)[C@@H](O)[C@H](O)[C@H]3N)[C@H](O)[C@H]2O)[C@@H](COS(=O)(=O)O)O[C@@H]1O. The number of aliphatic hydroxyl groups is 5. The van der Waals surface area contributed by atoms with Gasteiger partial charge in [0.25, 0.3) is 0 Å². The molecular formula is C18H32N2O24S3. The molecule has 0 spiro atoms. The maximum atomic E-state index is 12.1. The monoisotopic (exact) mass is 756 g/mol. The number of carbonyl (C=O) groups is 1. The standard InChI is InChI=1S/C18H32N2O24S3/c19-5-8(22)7(21)3(1-37-45(28,29)30)40-17(5)42-13-9(23)10(24)18(43-14(13)15(25)26)41-11-4(2-38-46(31,32)33)39-16(27)6(20)12(11)44-47(34,35)36/h3-14,16-18,21-24,27H,1-2,19-20H2,(H,25,26)(H,28,29,30)(H,31,32,33)(H,34,35,36)/t3-,4-,5-,6-,7-,8-,9-,10-,11-,12-,13+,14+,16+,17-,18-/m1/s1. The highest BCUT2D eigenvalue weighted by Crippen LogP contribution is 2.33. The lowest BCUT2D eigenvalue weighted by Crippen LogP contribution is -2.68. The van der Waals surface area contributed by atoms with Crippen molar-refractivity contribution in [2.24, 2.45) is 11.5 Å². The Bertz CT molecular complexity index is 1410. The third-order valence-corrected chi connectivity index (χ3v) is 8.16. The van der Waals surface area contributed by atoms with Crippen LogP contribution in [0.25, 0.3) is 0 Å². The van der Waals surface area contributed by atoms with Gasteiger partial charge in [0, 0.05) is 0 Å². The molecule has 29 heteroatoms. The first-order valence-electron chi connectivity index (χ1n) is 12.7. The highest BCUT2D eigenvalue weighted by molar-refractivity contribution is 7.81. The van der Waals surface area contributed by atoms with E-state index in [4.69, 9.17) is 44.3 Å². The first kappa shape index (κ1) is 40.0. The number of aliphatic carboxylic acids is 1. The minimum atomic E-state index is -5.45. The molecule has 0 aliphatic carbocycles. The third-order valence-electron chi connectivity index (χ3n) is 6.83. The van der Waals surface area contributed by atoms with Gasteiger partial charge in [-0.25, -0.2) is 17.3 Å². The van der Waals surface area contributed by atoms with E-state index in [0.29, 0.717) is 0 Å². The number of nitrogens with two attached hydrogens (primary N) is 2. The molecule has 0 unspecified atom stereocenters. The summed E-state index contributed by atoms with van der Waals surface area (Å²) < 4.78 is 133. The molecule has 3 aliphatic rings. The Balaban J connectivity index is 1.88. The van der Waals surface area contributed by atoms with Crippen molar-refractivity contribution in [3.63, 3.8) is 0 Å². The van der Waals surface area contributed by atoms with Gasteiger partial charge < -0.3 is 65.8 Å². The average Bonchev–Trinajstić information content (AvgIpc) is 2.93. The minimum absolute atomic E-state index is 1.12. The van der Waals surface area contributed by atoms with Gasteiger partial charge in [0.2, 0.25) is 0 Å². The Morgan fingerprint density at radius 1 is 0.617 bits per heavy atom. The van der Waals surface area contributed by atoms with E-state index >= 15 is 0 Å². The Labute approximate surface area is 264 Å². The number of ether oxygens (including phenoxy) is 5. The Morgan fingerprint density at radius 3 is 1.66 bits per heavy atom. The van der Waals surface area contributed by atoms with Crippen LogP contribution in [0.15, 0.2) is 0 Å². The predicted molar refractivity (Wildman–Crippen MR) is 137 cm³/mol. The lowest BCUT2D eigenvalue weighted by Gasteiger charge is -2.47. The smallest absolute Gasteiger partial charge is 0.397 e. The molecule has 3 fully saturated rings. The van der Waals surface area contributed by atoms with Crippen molar-refractivity contribution >= 4 is 37.2 Å². The lowest BCUT2D eigenvalue weighted by atomic mass is 9.95. The van der Waals surface area contributed by atoms with Gasteiger partial charge in [-0.15, -0.1) is 0 Å². The molecule has 0 radical (unpaired) electrons. The van der Waals surface area contributed by atoms with Gasteiger partial charge >= 0.3 is 37.2 Å². The number of aliphatic hydroxyl groups excluding tert-OH is 5. The van der Waals surface area contributed by atoms with Crippen molar-refractivity contribution in [2.45, 2.75) is 92.0 Å². The summed E-state index contributed by atoms with van der Waals surface area (Å²) in [7, 11) is -15.8. The molecule has 0 saturated carbocycles. The zero-order valence-corrected chi connectivity index (χ0v) is 25.6. The molecule has 47 heavy (non-hydrogen) atoms. The molecule has 0 amide bonds. The van der Waals surface area contributed by atoms with Crippen molar-refractivity contribution in [1.82, 2.24) is 0 Å². The van der Waals surface area contributed by atoms with Gasteiger partial charge in [0.05, 0.1) is 25.3 Å². The summed E-state index contributed by atoms with van der Waals surface area (Å²) in [6, 6.07) is -3.68. The van der Waals surface area contributed by atoms with Crippen LogP contribution >= 0.6 is 0 Å². The van der Waals surface area contributed by atoms with E-state index in [2.05, 4.69) is 12.5 Å². The van der Waals surface area contributed by atoms with Gasteiger partial charge in [-0.2, -0.15) is 25.3 Å². The summed E-state index contributed by atoms with van der Waals surface area (Å²) in [5.41, 5.74) is 11.4. The zero-order chi connectivity index (χ0) is 35.8. The van der Waals surface area contributed by atoms with Crippen molar-refractivity contribution in [2.75, 3.05) is 13.2 Å². The third kappa shape index (κ3) is 10.5. The van der Waals surface area contributed by atoms with E-state index < -0.39 is 142 Å². The molecule has 13 N–H and O–H groups in total. The quantitative estimate of drug-likeness (QED) is 0.0777. The molecule has 0 aromatic rings. The van der Waals surface area contributed by atoms with E-state index in [1.54, 1.807) is 0 Å². The average molecular weight is 757 g/mol. The van der Waals surface area contributed by atoms with Gasteiger partial charge in [-0.1, -0.05) is 0 Å². The first-order valence-corrected chi connectivity index (χ1v) is 16.8. The normalized spacial score (nSPS) is 42.2. The van der Waals surface area contributed by atoms with Crippen LogP contribution < -0.4 is 11.5 Å². The highest BCUT2D eigenvalue weighted by Gasteiger charge is 2.55. The summed E-state index contributed by atoms with van der Waals surface area (Å²) in [5.74, 6) is -1.95. The summed E-state index contributed by atoms with van der Waals surface area (Å²) in [5, 5.41) is 61.9. The molecule has 26 nitrogen and oxygen atoms in total. The molecule has 3 saturated heterocycles. The van der Waals surface area contributed by atoms with E-state index in [1.807, 2.05) is 0 Å². The predicted octanol–water partition coefficient (Wildman–Crippen LogP) is -8.07. The first-order chi connectivity index (χ1) is 21.4. The van der Waals surface area contributed by atoms with Crippen LogP contribution in [0.2, 0.25) is 0 Å². The van der Waals surface area contributed by atoms with E-state index in [9.17, 15) is 65.2 Å². The Kier molecular flexibility index (Phi) is 13.0. The van der Waals surface area contributed by atoms with Crippen LogP contribution in [-0.4, -0.2) is 181 Å². The van der Waals surface area contributed by atoms with Crippen LogP contribution in [0.4, 0.5) is 0 Å². The molecule has 15 atom stereocenters. The fraction of sp³-hybridized carbons (Fsp3) is 0.944. The van der Waals surface area contributed by atoms with Crippen molar-refractivity contribution < 1.29 is 111 Å². The van der Waals surface area contributed by atoms with Crippen molar-refractivity contribution in [3.8, 4) is 0 Å². The molecule has 3 heterocycles. The Hall–Kier alpha value is -1.40. The van der Waals surface area contributed by atoms with Gasteiger partial charge in [0.15, 0.2) is 25.0 Å². The van der Waals surface area contributed by atoms with Crippen LogP contribution in [-0.2, 0) is 72.2 Å². The van der Waals surface area contributed by atoms with Crippen LogP contribution in [0, 0.1) is 0 Å². The molecule has 0 aromatic carbocycles. The molecule has 0 aromatic heterocycles. The second-order valence-electron chi connectivity index (χ2n) is 10.1. The van der Waals surface area contributed by atoms with Gasteiger partial charge in [-0.05, 0) is 0 Å². The second-order valence-corrected chi connectivity index (χ2v) is 13.3. The lowest BCUT2D eigenvalue weighted by molar-refractivity contribution is -0.358. The zero-order valence-electron chi connectivity index (χ0n) is 23.1. The molecule has 3 aliphatic heterocycles. The van der Waals surface area contributed by atoms with Crippen molar-refractivity contribution in [1.29, 1.82) is 0 Å². The second kappa shape index (κ2) is 15.2. The number of rotatable bonds is 13. The van der Waals surface area contributed by atoms with E-state index in [0.717, 1.165) is 0 Å². The molecule has 0 bridgehead atoms. The van der Waals surface area contributed by atoms with Crippen molar-refractivity contribution in [3.05, 3.63) is 0 Å². The molecular weight excluding hydrogens is 724 g/mol. The molecule has 276 valence electrons. The van der Waals surface area contributed by atoms with Gasteiger partial charge in [0.1, 0.15) is 54.9 Å². The van der Waals surface area contributed by atoms with Crippen LogP contribution in [0.5, 0.6) is 0 Å². The summed E-state index contributed by atoms with van der Waals surface area (Å²) in [6.45, 7) is -2.41. The van der Waals surface area contributed by atoms with Gasteiger partial charge in [-0.3, -0.25) is 13.7 Å². The summed E-state index contributed by atoms with van der Waals surface area (Å²) in [4.78, 5) is 12.1. The minimum Gasteiger partial charge on any atom is -0.479 e. The number of carboxylic acids is 1. The van der Waals surface area contributed by atoms with Crippen LogP contribution in [0.3, 0.4) is 0 Å². The fourth-order valence-corrected chi connectivity index (χ4v) is 5.76.